The van der Waals surface area contributed by atoms with Crippen molar-refractivity contribution >= 4 is 17.1 Å². The number of furan rings is 1. The van der Waals surface area contributed by atoms with E-state index in [1.54, 1.807) is 12.3 Å². The van der Waals surface area contributed by atoms with Crippen LogP contribution in [0.1, 0.15) is 22.0 Å². The Morgan fingerprint density at radius 2 is 2.00 bits per heavy atom. The van der Waals surface area contributed by atoms with Crippen molar-refractivity contribution in [3.05, 3.63) is 72.0 Å². The summed E-state index contributed by atoms with van der Waals surface area (Å²) in [4.78, 5) is 15.5. The Bertz CT molecular complexity index is 1030. The summed E-state index contributed by atoms with van der Waals surface area (Å²) in [6.45, 7) is 2.14. The van der Waals surface area contributed by atoms with Gasteiger partial charge in [0.25, 0.3) is 0 Å². The monoisotopic (exact) mass is 333 g/mol. The van der Waals surface area contributed by atoms with E-state index in [0.717, 1.165) is 27.8 Å². The van der Waals surface area contributed by atoms with E-state index in [9.17, 15) is 4.79 Å². The van der Waals surface area contributed by atoms with Gasteiger partial charge in [-0.2, -0.15) is 0 Å². The normalized spacial score (nSPS) is 10.9. The van der Waals surface area contributed by atoms with Gasteiger partial charge < -0.3 is 13.6 Å². The predicted molar refractivity (Wildman–Crippen MR) is 92.6 cm³/mol. The first-order chi connectivity index (χ1) is 12.2. The fourth-order valence-electron chi connectivity index (χ4n) is 2.64. The van der Waals surface area contributed by atoms with Crippen molar-refractivity contribution in [2.75, 3.05) is 0 Å². The number of fused-ring (bicyclic) bond motifs is 1. The first-order valence-corrected chi connectivity index (χ1v) is 7.85. The van der Waals surface area contributed by atoms with Crippen molar-refractivity contribution in [3.63, 3.8) is 0 Å². The van der Waals surface area contributed by atoms with Gasteiger partial charge in [0.1, 0.15) is 23.8 Å². The summed E-state index contributed by atoms with van der Waals surface area (Å²) in [5.41, 5.74) is 1.66. The van der Waals surface area contributed by atoms with Crippen molar-refractivity contribution in [2.24, 2.45) is 0 Å². The van der Waals surface area contributed by atoms with Crippen LogP contribution in [-0.2, 0) is 6.61 Å². The molecule has 2 aromatic carbocycles. The minimum atomic E-state index is 0.280. The zero-order chi connectivity index (χ0) is 17.2. The molecule has 124 valence electrons. The number of aryl methyl sites for hydroxylation is 1. The molecule has 0 radical (unpaired) electrons. The third kappa shape index (κ3) is 2.92. The molecule has 0 amide bonds. The molecular formula is C20H15NO4. The lowest BCUT2D eigenvalue weighted by atomic mass is 10.2. The first-order valence-electron chi connectivity index (χ1n) is 7.85. The van der Waals surface area contributed by atoms with E-state index in [2.05, 4.69) is 4.98 Å². The quantitative estimate of drug-likeness (QED) is 0.491. The van der Waals surface area contributed by atoms with Gasteiger partial charge in [0, 0.05) is 16.3 Å². The maximum Gasteiger partial charge on any atom is 0.226 e. The van der Waals surface area contributed by atoms with Crippen LogP contribution in [0.5, 0.6) is 5.75 Å². The second-order valence-corrected chi connectivity index (χ2v) is 5.64. The lowest BCUT2D eigenvalue weighted by Crippen LogP contribution is -1.97. The molecule has 2 aromatic heterocycles. The molecule has 2 heterocycles. The van der Waals surface area contributed by atoms with Gasteiger partial charge in [-0.15, -0.1) is 0 Å². The number of hydrogen-bond acceptors (Lipinski definition) is 5. The van der Waals surface area contributed by atoms with Gasteiger partial charge in [0.05, 0.1) is 6.26 Å². The number of carbonyl (C=O) groups is 1. The van der Waals surface area contributed by atoms with Crippen LogP contribution >= 0.6 is 0 Å². The Morgan fingerprint density at radius 1 is 1.16 bits per heavy atom. The van der Waals surface area contributed by atoms with Gasteiger partial charge in [-0.25, -0.2) is 4.98 Å². The standard InChI is InChI=1S/C20H15NO4/c1-13-18(21-20(25-13)14-5-3-2-4-6-14)12-23-16-8-7-15-11-24-19(10-22)17(15)9-16/h2-11H,12H2,1H3. The van der Waals surface area contributed by atoms with Crippen LogP contribution in [0.2, 0.25) is 0 Å². The van der Waals surface area contributed by atoms with E-state index in [0.29, 0.717) is 23.7 Å². The predicted octanol–water partition coefficient (Wildman–Crippen LogP) is 4.79. The maximum atomic E-state index is 11.0. The number of aldehydes is 1. The van der Waals surface area contributed by atoms with E-state index < -0.39 is 0 Å². The number of rotatable bonds is 5. The van der Waals surface area contributed by atoms with Gasteiger partial charge in [-0.05, 0) is 37.3 Å². The number of carbonyl (C=O) groups excluding carboxylic acids is 1. The molecule has 0 aliphatic rings. The SMILES string of the molecule is Cc1oc(-c2ccccc2)nc1COc1ccc2coc(C=O)c2c1. The van der Waals surface area contributed by atoms with Crippen molar-refractivity contribution in [3.8, 4) is 17.2 Å². The summed E-state index contributed by atoms with van der Waals surface area (Å²) in [5.74, 6) is 2.23. The van der Waals surface area contributed by atoms with Gasteiger partial charge >= 0.3 is 0 Å². The van der Waals surface area contributed by atoms with E-state index in [1.165, 1.54) is 0 Å². The Hall–Kier alpha value is -3.34. The smallest absolute Gasteiger partial charge is 0.226 e. The van der Waals surface area contributed by atoms with Crippen molar-refractivity contribution < 1.29 is 18.4 Å². The van der Waals surface area contributed by atoms with Crippen LogP contribution in [0, 0.1) is 6.92 Å². The molecule has 0 spiro atoms. The highest BCUT2D eigenvalue weighted by atomic mass is 16.5. The minimum absolute atomic E-state index is 0.280. The lowest BCUT2D eigenvalue weighted by molar-refractivity contribution is 0.110. The second kappa shape index (κ2) is 6.28. The minimum Gasteiger partial charge on any atom is -0.487 e. The molecule has 5 heteroatoms. The molecule has 4 rings (SSSR count). The molecule has 5 nitrogen and oxygen atoms in total. The molecule has 0 fully saturated rings. The molecule has 0 N–H and O–H groups in total. The highest BCUT2D eigenvalue weighted by molar-refractivity contribution is 5.96. The number of aromatic nitrogens is 1. The lowest BCUT2D eigenvalue weighted by Gasteiger charge is -2.04. The number of oxazole rings is 1. The van der Waals surface area contributed by atoms with Gasteiger partial charge in [0.2, 0.25) is 5.89 Å². The molecule has 0 aliphatic carbocycles. The summed E-state index contributed by atoms with van der Waals surface area (Å²) in [5, 5.41) is 1.59. The number of ether oxygens (including phenoxy) is 1. The summed E-state index contributed by atoms with van der Waals surface area (Å²) in [6, 6.07) is 15.2. The Morgan fingerprint density at radius 3 is 2.80 bits per heavy atom. The number of nitrogens with zero attached hydrogens (tertiary/aromatic N) is 1. The Balaban J connectivity index is 1.55. The van der Waals surface area contributed by atoms with Crippen LogP contribution in [0.15, 0.2) is 63.6 Å². The largest absolute Gasteiger partial charge is 0.487 e. The van der Waals surface area contributed by atoms with E-state index in [-0.39, 0.29) is 6.61 Å². The molecule has 0 saturated carbocycles. The molecular weight excluding hydrogens is 318 g/mol. The van der Waals surface area contributed by atoms with E-state index in [4.69, 9.17) is 13.6 Å². The molecule has 25 heavy (non-hydrogen) atoms. The molecule has 0 bridgehead atoms. The summed E-state index contributed by atoms with van der Waals surface area (Å²) in [7, 11) is 0. The van der Waals surface area contributed by atoms with E-state index >= 15 is 0 Å². The highest BCUT2D eigenvalue weighted by Crippen LogP contribution is 2.26. The zero-order valence-electron chi connectivity index (χ0n) is 13.6. The average molecular weight is 333 g/mol. The van der Waals surface area contributed by atoms with Crippen LogP contribution in [0.25, 0.3) is 22.2 Å². The molecule has 0 atom stereocenters. The molecule has 0 aliphatic heterocycles. The second-order valence-electron chi connectivity index (χ2n) is 5.64. The first kappa shape index (κ1) is 15.2. The van der Waals surface area contributed by atoms with Crippen molar-refractivity contribution in [2.45, 2.75) is 13.5 Å². The fourth-order valence-corrected chi connectivity index (χ4v) is 2.64. The van der Waals surface area contributed by atoms with Crippen LogP contribution < -0.4 is 4.74 Å². The van der Waals surface area contributed by atoms with Crippen LogP contribution in [0.3, 0.4) is 0 Å². The van der Waals surface area contributed by atoms with E-state index in [1.807, 2.05) is 49.4 Å². The maximum absolute atomic E-state index is 11.0. The Labute approximate surface area is 143 Å². The Kier molecular flexibility index (Phi) is 3.82. The molecule has 0 unspecified atom stereocenters. The number of hydrogen-bond donors (Lipinski definition) is 0. The van der Waals surface area contributed by atoms with Crippen LogP contribution in [-0.4, -0.2) is 11.3 Å². The highest BCUT2D eigenvalue weighted by Gasteiger charge is 2.12. The van der Waals surface area contributed by atoms with Gasteiger partial charge in [0.15, 0.2) is 12.0 Å². The average Bonchev–Trinajstić information content (AvgIpc) is 3.23. The topological polar surface area (TPSA) is 65.5 Å². The summed E-state index contributed by atoms with van der Waals surface area (Å²) in [6.07, 6.45) is 2.25. The molecule has 0 saturated heterocycles. The third-order valence-electron chi connectivity index (χ3n) is 4.00. The fraction of sp³-hybridized carbons (Fsp3) is 0.100. The summed E-state index contributed by atoms with van der Waals surface area (Å²) >= 11 is 0. The van der Waals surface area contributed by atoms with Crippen molar-refractivity contribution in [1.29, 1.82) is 0 Å². The summed E-state index contributed by atoms with van der Waals surface area (Å²) < 4.78 is 16.8. The molecule has 4 aromatic rings. The zero-order valence-corrected chi connectivity index (χ0v) is 13.6. The van der Waals surface area contributed by atoms with Crippen molar-refractivity contribution in [1.82, 2.24) is 4.98 Å². The third-order valence-corrected chi connectivity index (χ3v) is 4.00. The van der Waals surface area contributed by atoms with Gasteiger partial charge in [-0.3, -0.25) is 4.79 Å². The van der Waals surface area contributed by atoms with Crippen LogP contribution in [0.4, 0.5) is 0 Å². The van der Waals surface area contributed by atoms with Gasteiger partial charge in [-0.1, -0.05) is 18.2 Å². The number of benzene rings is 2.